The zero-order valence-corrected chi connectivity index (χ0v) is 17.9. The topological polar surface area (TPSA) is 116 Å². The van der Waals surface area contributed by atoms with Crippen molar-refractivity contribution in [3.8, 4) is 11.4 Å². The zero-order valence-electron chi connectivity index (χ0n) is 17.9. The van der Waals surface area contributed by atoms with Crippen LogP contribution in [-0.4, -0.2) is 35.2 Å². The van der Waals surface area contributed by atoms with E-state index in [-0.39, 0.29) is 23.7 Å². The zero-order chi connectivity index (χ0) is 23.2. The highest BCUT2D eigenvalue weighted by atomic mass is 16.5. The maximum absolute atomic E-state index is 13.0. The molecule has 4 rings (SSSR count). The fourth-order valence-corrected chi connectivity index (χ4v) is 3.30. The molecule has 0 aliphatic carbocycles. The molecule has 2 amide bonds. The number of hydrogen-bond acceptors (Lipinski definition) is 5. The van der Waals surface area contributed by atoms with E-state index in [1.165, 1.54) is 4.68 Å². The molecule has 2 aromatic carbocycles. The molecule has 9 nitrogen and oxygen atoms in total. The molecule has 9 heteroatoms. The van der Waals surface area contributed by atoms with Crippen LogP contribution in [0.15, 0.2) is 77.7 Å². The number of fused-ring (bicyclic) bond motifs is 1. The minimum Gasteiger partial charge on any atom is -0.497 e. The maximum Gasteiger partial charge on any atom is 0.279 e. The van der Waals surface area contributed by atoms with Crippen LogP contribution in [0, 0.1) is 0 Å². The van der Waals surface area contributed by atoms with Crippen LogP contribution in [0.5, 0.6) is 5.75 Å². The van der Waals surface area contributed by atoms with E-state index < -0.39 is 5.91 Å². The summed E-state index contributed by atoms with van der Waals surface area (Å²) in [6, 6.07) is 19.0. The van der Waals surface area contributed by atoms with Crippen molar-refractivity contribution >= 4 is 22.6 Å². The highest BCUT2D eigenvalue weighted by Crippen LogP contribution is 2.17. The first-order valence-electron chi connectivity index (χ1n) is 10.2. The van der Waals surface area contributed by atoms with Gasteiger partial charge in [0.1, 0.15) is 12.3 Å². The average Bonchev–Trinajstić information content (AvgIpc) is 2.87. The van der Waals surface area contributed by atoms with Crippen LogP contribution < -0.4 is 25.9 Å². The van der Waals surface area contributed by atoms with Crippen LogP contribution in [0.2, 0.25) is 0 Å². The van der Waals surface area contributed by atoms with Gasteiger partial charge in [0, 0.05) is 17.5 Å². The Hall–Kier alpha value is -4.53. The van der Waals surface area contributed by atoms with Crippen molar-refractivity contribution in [2.24, 2.45) is 0 Å². The number of benzene rings is 2. The van der Waals surface area contributed by atoms with Crippen molar-refractivity contribution in [2.45, 2.75) is 6.54 Å². The van der Waals surface area contributed by atoms with Gasteiger partial charge in [-0.3, -0.25) is 14.4 Å². The molecule has 0 unspecified atom stereocenters. The van der Waals surface area contributed by atoms with Crippen LogP contribution >= 0.6 is 0 Å². The fourth-order valence-electron chi connectivity index (χ4n) is 3.30. The molecule has 0 aliphatic rings. The summed E-state index contributed by atoms with van der Waals surface area (Å²) in [5.41, 5.74) is 1.00. The quantitative estimate of drug-likeness (QED) is 0.445. The van der Waals surface area contributed by atoms with Crippen molar-refractivity contribution in [2.75, 3.05) is 13.7 Å². The lowest BCUT2D eigenvalue weighted by atomic mass is 10.1. The highest BCUT2D eigenvalue weighted by Gasteiger charge is 2.18. The molecule has 166 valence electrons. The van der Waals surface area contributed by atoms with Gasteiger partial charge in [-0.2, -0.15) is 9.78 Å². The van der Waals surface area contributed by atoms with Gasteiger partial charge in [0.05, 0.1) is 24.7 Å². The fraction of sp³-hybridized carbons (Fsp3) is 0.125. The number of rotatable bonds is 7. The molecule has 0 radical (unpaired) electrons. The summed E-state index contributed by atoms with van der Waals surface area (Å²) in [6.45, 7) is 0.0718. The van der Waals surface area contributed by atoms with Crippen LogP contribution in [0.3, 0.4) is 0 Å². The number of aromatic amines is 1. The SMILES string of the molecule is COc1ccc(-n2nc(C(=O)NCC(=O)NCc3cccc[nH+]3)c3ccccc3c2=O)cc1. The molecule has 0 saturated carbocycles. The smallest absolute Gasteiger partial charge is 0.279 e. The molecule has 3 N–H and O–H groups in total. The summed E-state index contributed by atoms with van der Waals surface area (Å²) in [4.78, 5) is 41.2. The minimum atomic E-state index is -0.560. The molecule has 0 spiro atoms. The van der Waals surface area contributed by atoms with E-state index in [0.29, 0.717) is 28.8 Å². The van der Waals surface area contributed by atoms with Crippen molar-refractivity contribution < 1.29 is 19.3 Å². The number of aromatic nitrogens is 3. The van der Waals surface area contributed by atoms with Crippen molar-refractivity contribution in [3.63, 3.8) is 0 Å². The lowest BCUT2D eigenvalue weighted by Gasteiger charge is -2.12. The summed E-state index contributed by atoms with van der Waals surface area (Å²) >= 11 is 0. The summed E-state index contributed by atoms with van der Waals surface area (Å²) in [6.07, 6.45) is 1.76. The van der Waals surface area contributed by atoms with Gasteiger partial charge in [0.2, 0.25) is 5.91 Å². The Labute approximate surface area is 189 Å². The Morgan fingerprint density at radius 2 is 1.70 bits per heavy atom. The van der Waals surface area contributed by atoms with E-state index in [4.69, 9.17) is 4.74 Å². The largest absolute Gasteiger partial charge is 0.497 e. The number of nitrogens with one attached hydrogen (secondary N) is 3. The van der Waals surface area contributed by atoms with Crippen LogP contribution in [0.25, 0.3) is 16.5 Å². The van der Waals surface area contributed by atoms with Gasteiger partial charge >= 0.3 is 0 Å². The number of hydrogen-bond donors (Lipinski definition) is 2. The van der Waals surface area contributed by atoms with Gasteiger partial charge < -0.3 is 15.4 Å². The lowest BCUT2D eigenvalue weighted by Crippen LogP contribution is -2.38. The van der Waals surface area contributed by atoms with Crippen molar-refractivity contribution in [1.29, 1.82) is 0 Å². The van der Waals surface area contributed by atoms with Gasteiger partial charge in [0.15, 0.2) is 17.6 Å². The Morgan fingerprint density at radius 1 is 0.970 bits per heavy atom. The predicted octanol–water partition coefficient (Wildman–Crippen LogP) is 1.25. The number of carbonyl (C=O) groups is 2. The molecule has 0 saturated heterocycles. The number of amides is 2. The highest BCUT2D eigenvalue weighted by molar-refractivity contribution is 6.05. The molecule has 0 aliphatic heterocycles. The van der Waals surface area contributed by atoms with E-state index in [0.717, 1.165) is 5.69 Å². The number of nitrogens with zero attached hydrogens (tertiary/aromatic N) is 2. The lowest BCUT2D eigenvalue weighted by molar-refractivity contribution is -0.390. The van der Waals surface area contributed by atoms with Crippen LogP contribution in [-0.2, 0) is 11.3 Å². The molecule has 0 fully saturated rings. The minimum absolute atomic E-state index is 0.0465. The predicted molar refractivity (Wildman–Crippen MR) is 121 cm³/mol. The maximum atomic E-state index is 13.0. The molecule has 0 bridgehead atoms. The number of methoxy groups -OCH3 is 1. The third-order valence-electron chi connectivity index (χ3n) is 5.00. The summed E-state index contributed by atoms with van der Waals surface area (Å²) in [7, 11) is 1.55. The van der Waals surface area contributed by atoms with Crippen LogP contribution in [0.4, 0.5) is 0 Å². The molecule has 4 aromatic rings. The normalized spacial score (nSPS) is 10.6. The van der Waals surface area contributed by atoms with Crippen molar-refractivity contribution in [3.05, 3.63) is 94.7 Å². The van der Waals surface area contributed by atoms with E-state index in [2.05, 4.69) is 20.7 Å². The number of carbonyl (C=O) groups excluding carboxylic acids is 2. The summed E-state index contributed by atoms with van der Waals surface area (Å²) < 4.78 is 6.33. The van der Waals surface area contributed by atoms with Gasteiger partial charge in [-0.25, -0.2) is 4.98 Å². The number of H-pyrrole nitrogens is 1. The molecule has 0 atom stereocenters. The van der Waals surface area contributed by atoms with Crippen molar-refractivity contribution in [1.82, 2.24) is 20.4 Å². The van der Waals surface area contributed by atoms with E-state index in [1.54, 1.807) is 61.8 Å². The molecular formula is C24H22N5O4+. The van der Waals surface area contributed by atoms with Gasteiger partial charge in [-0.15, -0.1) is 0 Å². The standard InChI is InChI=1S/C24H21N5O4/c1-33-18-11-9-17(10-12-18)29-24(32)20-8-3-2-7-19(20)22(28-29)23(31)27-15-21(30)26-14-16-6-4-5-13-25-16/h2-13H,14-15H2,1H3,(H,26,30)(H,27,31)/p+1. The molecular weight excluding hydrogens is 422 g/mol. The number of ether oxygens (including phenoxy) is 1. The second kappa shape index (κ2) is 9.73. The van der Waals surface area contributed by atoms with Crippen LogP contribution in [0.1, 0.15) is 16.2 Å². The van der Waals surface area contributed by atoms with E-state index >= 15 is 0 Å². The Morgan fingerprint density at radius 3 is 2.39 bits per heavy atom. The molecule has 2 aromatic heterocycles. The Balaban J connectivity index is 1.57. The first-order chi connectivity index (χ1) is 16.1. The van der Waals surface area contributed by atoms with Gasteiger partial charge in [-0.1, -0.05) is 24.3 Å². The average molecular weight is 444 g/mol. The second-order valence-corrected chi connectivity index (χ2v) is 7.16. The van der Waals surface area contributed by atoms with E-state index in [1.807, 2.05) is 18.2 Å². The Kier molecular flexibility index (Phi) is 6.40. The first-order valence-corrected chi connectivity index (χ1v) is 10.2. The third-order valence-corrected chi connectivity index (χ3v) is 5.00. The molecule has 2 heterocycles. The Bertz CT molecular complexity index is 1350. The summed E-state index contributed by atoms with van der Waals surface area (Å²) in [5.74, 6) is -0.284. The third kappa shape index (κ3) is 4.87. The summed E-state index contributed by atoms with van der Waals surface area (Å²) in [5, 5.41) is 10.4. The monoisotopic (exact) mass is 444 g/mol. The second-order valence-electron chi connectivity index (χ2n) is 7.16. The molecule has 33 heavy (non-hydrogen) atoms. The van der Waals surface area contributed by atoms with Gasteiger partial charge in [0.25, 0.3) is 11.5 Å². The van der Waals surface area contributed by atoms with E-state index in [9.17, 15) is 14.4 Å². The first kappa shape index (κ1) is 21.7. The van der Waals surface area contributed by atoms with Gasteiger partial charge in [-0.05, 0) is 30.3 Å². The number of pyridine rings is 1.